The summed E-state index contributed by atoms with van der Waals surface area (Å²) in [6.07, 6.45) is -4.38. The average molecular weight is 328 g/mol. The number of benzene rings is 1. The highest BCUT2D eigenvalue weighted by atomic mass is 19.4. The van der Waals surface area contributed by atoms with Crippen LogP contribution in [0.25, 0.3) is 0 Å². The van der Waals surface area contributed by atoms with Crippen molar-refractivity contribution in [2.24, 2.45) is 5.92 Å². The van der Waals surface area contributed by atoms with E-state index in [9.17, 15) is 22.8 Å². The highest BCUT2D eigenvalue weighted by molar-refractivity contribution is 5.88. The van der Waals surface area contributed by atoms with Gasteiger partial charge in [0.25, 0.3) is 0 Å². The number of Topliss-reactive ketones (excluding diaryl/α,β-unsaturated/α-hetero) is 1. The standard InChI is InChI=1S/C17H19F3O3/c1-2-23-15(22)16(13-6-4-3-5-7-13)10-8-12(9-11-16)14(21)17(18,19)20/h3-7,12H,2,8-11H2,1H3. The molecule has 0 aromatic heterocycles. The van der Waals surface area contributed by atoms with Crippen LogP contribution in [0.4, 0.5) is 13.2 Å². The van der Waals surface area contributed by atoms with Crippen molar-refractivity contribution in [3.8, 4) is 0 Å². The molecule has 126 valence electrons. The number of rotatable bonds is 4. The van der Waals surface area contributed by atoms with E-state index in [1.807, 2.05) is 0 Å². The molecule has 0 saturated heterocycles. The molecule has 1 aliphatic rings. The van der Waals surface area contributed by atoms with Gasteiger partial charge in [0.15, 0.2) is 0 Å². The summed E-state index contributed by atoms with van der Waals surface area (Å²) in [5, 5.41) is 0. The smallest absolute Gasteiger partial charge is 0.450 e. The van der Waals surface area contributed by atoms with E-state index in [0.717, 1.165) is 5.56 Å². The maximum atomic E-state index is 12.6. The van der Waals surface area contributed by atoms with Gasteiger partial charge in [-0.25, -0.2) is 0 Å². The molecular weight excluding hydrogens is 309 g/mol. The number of carbonyl (C=O) groups is 2. The maximum Gasteiger partial charge on any atom is 0.450 e. The Balaban J connectivity index is 2.24. The Morgan fingerprint density at radius 3 is 2.22 bits per heavy atom. The van der Waals surface area contributed by atoms with Crippen LogP contribution in [-0.2, 0) is 19.7 Å². The lowest BCUT2D eigenvalue weighted by Gasteiger charge is -2.38. The molecule has 1 saturated carbocycles. The van der Waals surface area contributed by atoms with Crippen molar-refractivity contribution < 1.29 is 27.5 Å². The zero-order valence-electron chi connectivity index (χ0n) is 12.9. The molecule has 0 radical (unpaired) electrons. The molecule has 0 aliphatic heterocycles. The van der Waals surface area contributed by atoms with Crippen LogP contribution in [0.1, 0.15) is 38.2 Å². The number of alkyl halides is 3. The molecule has 2 rings (SSSR count). The van der Waals surface area contributed by atoms with Gasteiger partial charge in [0.2, 0.25) is 5.78 Å². The summed E-state index contributed by atoms with van der Waals surface area (Å²) < 4.78 is 42.9. The van der Waals surface area contributed by atoms with Gasteiger partial charge in [-0.2, -0.15) is 13.2 Å². The molecule has 23 heavy (non-hydrogen) atoms. The van der Waals surface area contributed by atoms with E-state index >= 15 is 0 Å². The number of ether oxygens (including phenoxy) is 1. The lowest BCUT2D eigenvalue weighted by Crippen LogP contribution is -2.43. The Hall–Kier alpha value is -1.85. The molecule has 0 spiro atoms. The van der Waals surface area contributed by atoms with Crippen LogP contribution in [0.5, 0.6) is 0 Å². The second-order valence-corrected chi connectivity index (χ2v) is 5.80. The molecule has 1 aliphatic carbocycles. The van der Waals surface area contributed by atoms with E-state index in [2.05, 4.69) is 0 Å². The average Bonchev–Trinajstić information content (AvgIpc) is 2.54. The van der Waals surface area contributed by atoms with Crippen molar-refractivity contribution in [1.82, 2.24) is 0 Å². The van der Waals surface area contributed by atoms with E-state index in [0.29, 0.717) is 0 Å². The third-order valence-corrected chi connectivity index (χ3v) is 4.48. The molecule has 0 bridgehead atoms. The summed E-state index contributed by atoms with van der Waals surface area (Å²) in [7, 11) is 0. The van der Waals surface area contributed by atoms with Crippen LogP contribution in [0.15, 0.2) is 30.3 Å². The number of carbonyl (C=O) groups excluding carboxylic acids is 2. The molecule has 3 nitrogen and oxygen atoms in total. The second-order valence-electron chi connectivity index (χ2n) is 5.80. The minimum Gasteiger partial charge on any atom is -0.465 e. The molecule has 1 fully saturated rings. The molecule has 6 heteroatoms. The number of hydrogen-bond donors (Lipinski definition) is 0. The Labute approximate surface area is 132 Å². The van der Waals surface area contributed by atoms with E-state index < -0.39 is 29.3 Å². The largest absolute Gasteiger partial charge is 0.465 e. The number of halogens is 3. The lowest BCUT2D eigenvalue weighted by molar-refractivity contribution is -0.177. The molecule has 1 aromatic rings. The quantitative estimate of drug-likeness (QED) is 0.790. The van der Waals surface area contributed by atoms with Gasteiger partial charge in [0.05, 0.1) is 12.0 Å². The van der Waals surface area contributed by atoms with Crippen LogP contribution < -0.4 is 0 Å². The summed E-state index contributed by atoms with van der Waals surface area (Å²) in [5.74, 6) is -3.19. The van der Waals surface area contributed by atoms with E-state index in [4.69, 9.17) is 4.74 Å². The fraction of sp³-hybridized carbons (Fsp3) is 0.529. The van der Waals surface area contributed by atoms with Crippen LogP contribution in [0.3, 0.4) is 0 Å². The Morgan fingerprint density at radius 1 is 1.17 bits per heavy atom. The molecule has 1 aromatic carbocycles. The second kappa shape index (κ2) is 6.72. The predicted molar refractivity (Wildman–Crippen MR) is 77.8 cm³/mol. The van der Waals surface area contributed by atoms with Crippen molar-refractivity contribution in [2.75, 3.05) is 6.61 Å². The third kappa shape index (κ3) is 3.57. The Bertz CT molecular complexity index is 558. The zero-order valence-corrected chi connectivity index (χ0v) is 12.9. The van der Waals surface area contributed by atoms with E-state index in [1.54, 1.807) is 37.3 Å². The minimum absolute atomic E-state index is 0.0338. The normalized spacial score (nSPS) is 25.0. The van der Waals surface area contributed by atoms with Crippen LogP contribution in [-0.4, -0.2) is 24.5 Å². The fourth-order valence-corrected chi connectivity index (χ4v) is 3.24. The first kappa shape index (κ1) is 17.5. The van der Waals surface area contributed by atoms with Gasteiger partial charge in [-0.05, 0) is 38.2 Å². The van der Waals surface area contributed by atoms with E-state index in [-0.39, 0.29) is 32.3 Å². The van der Waals surface area contributed by atoms with Gasteiger partial charge >= 0.3 is 12.1 Å². The summed E-state index contributed by atoms with van der Waals surface area (Å²) >= 11 is 0. The molecule has 0 atom stereocenters. The lowest BCUT2D eigenvalue weighted by atomic mass is 9.66. The summed E-state index contributed by atoms with van der Waals surface area (Å²) in [4.78, 5) is 23.9. The van der Waals surface area contributed by atoms with Crippen LogP contribution in [0.2, 0.25) is 0 Å². The first-order valence-electron chi connectivity index (χ1n) is 7.65. The van der Waals surface area contributed by atoms with Crippen molar-refractivity contribution >= 4 is 11.8 Å². The minimum atomic E-state index is -4.82. The summed E-state index contributed by atoms with van der Waals surface area (Å²) in [5.41, 5.74) is -0.226. The van der Waals surface area contributed by atoms with Gasteiger partial charge in [-0.1, -0.05) is 30.3 Å². The molecular formula is C17H19F3O3. The fourth-order valence-electron chi connectivity index (χ4n) is 3.24. The third-order valence-electron chi connectivity index (χ3n) is 4.48. The topological polar surface area (TPSA) is 43.4 Å². The molecule has 0 unspecified atom stereocenters. The Morgan fingerprint density at radius 2 is 1.74 bits per heavy atom. The van der Waals surface area contributed by atoms with Gasteiger partial charge in [0.1, 0.15) is 0 Å². The number of ketones is 1. The summed E-state index contributed by atoms with van der Waals surface area (Å²) in [6, 6.07) is 8.93. The SMILES string of the molecule is CCOC(=O)C1(c2ccccc2)CCC(C(=O)C(F)(F)F)CC1. The highest BCUT2D eigenvalue weighted by Crippen LogP contribution is 2.44. The van der Waals surface area contributed by atoms with Crippen molar-refractivity contribution in [3.63, 3.8) is 0 Å². The van der Waals surface area contributed by atoms with Crippen LogP contribution in [0, 0.1) is 5.92 Å². The highest BCUT2D eigenvalue weighted by Gasteiger charge is 2.50. The van der Waals surface area contributed by atoms with Crippen molar-refractivity contribution in [2.45, 2.75) is 44.2 Å². The predicted octanol–water partition coefficient (Wildman–Crippen LogP) is 3.81. The number of hydrogen-bond acceptors (Lipinski definition) is 3. The molecule has 0 heterocycles. The number of esters is 1. The monoisotopic (exact) mass is 328 g/mol. The molecule has 0 N–H and O–H groups in total. The van der Waals surface area contributed by atoms with Gasteiger partial charge < -0.3 is 4.74 Å². The van der Waals surface area contributed by atoms with E-state index in [1.165, 1.54) is 0 Å². The summed E-state index contributed by atoms with van der Waals surface area (Å²) in [6.45, 7) is 1.90. The first-order valence-corrected chi connectivity index (χ1v) is 7.65. The van der Waals surface area contributed by atoms with Crippen molar-refractivity contribution in [1.29, 1.82) is 0 Å². The van der Waals surface area contributed by atoms with Crippen molar-refractivity contribution in [3.05, 3.63) is 35.9 Å². The maximum absolute atomic E-state index is 12.6. The van der Waals surface area contributed by atoms with Gasteiger partial charge in [0, 0.05) is 5.92 Å². The first-order chi connectivity index (χ1) is 10.8. The van der Waals surface area contributed by atoms with Gasteiger partial charge in [-0.3, -0.25) is 9.59 Å². The Kier molecular flexibility index (Phi) is 5.12. The zero-order chi connectivity index (χ0) is 17.1. The van der Waals surface area contributed by atoms with Crippen LogP contribution >= 0.6 is 0 Å². The molecule has 0 amide bonds. The van der Waals surface area contributed by atoms with Gasteiger partial charge in [-0.15, -0.1) is 0 Å².